The van der Waals surface area contributed by atoms with Crippen LogP contribution in [0.1, 0.15) is 15.9 Å². The van der Waals surface area contributed by atoms with E-state index >= 15 is 0 Å². The Morgan fingerprint density at radius 3 is 2.44 bits per heavy atom. The molecule has 0 fully saturated rings. The van der Waals surface area contributed by atoms with Crippen LogP contribution >= 0.6 is 11.6 Å². The van der Waals surface area contributed by atoms with E-state index in [-0.39, 0.29) is 27.5 Å². The molecule has 0 aliphatic heterocycles. The van der Waals surface area contributed by atoms with Gasteiger partial charge in [-0.05, 0) is 48.2 Å². The van der Waals surface area contributed by atoms with Crippen molar-refractivity contribution in [1.82, 2.24) is 0 Å². The number of azo groups is 1. The van der Waals surface area contributed by atoms with E-state index in [4.69, 9.17) is 16.3 Å². The molecule has 0 saturated heterocycles. The van der Waals surface area contributed by atoms with Gasteiger partial charge in [-0.2, -0.15) is 8.42 Å². The summed E-state index contributed by atoms with van der Waals surface area (Å²) < 4.78 is 38.5. The minimum atomic E-state index is -4.64. The maximum absolute atomic E-state index is 13.1. The molecular weight excluding hydrogens is 506 g/mol. The zero-order valence-corrected chi connectivity index (χ0v) is 20.6. The number of halogens is 1. The lowest BCUT2D eigenvalue weighted by Crippen LogP contribution is -2.12. The van der Waals surface area contributed by atoms with Gasteiger partial charge < -0.3 is 15.2 Å². The second-order valence-electron chi connectivity index (χ2n) is 7.72. The first kappa shape index (κ1) is 25.1. The zero-order chi connectivity index (χ0) is 26.0. The largest absolute Gasteiger partial charge is 0.505 e. The molecule has 0 radical (unpaired) electrons. The topological polar surface area (TPSA) is 138 Å². The maximum Gasteiger partial charge on any atom is 0.296 e. The summed E-state index contributed by atoms with van der Waals surface area (Å²) in [6.45, 7) is 1.52. The van der Waals surface area contributed by atoms with Crippen LogP contribution < -0.4 is 10.1 Å². The molecule has 0 spiro atoms. The Morgan fingerprint density at radius 2 is 1.72 bits per heavy atom. The van der Waals surface area contributed by atoms with Crippen molar-refractivity contribution in [2.24, 2.45) is 10.2 Å². The molecule has 4 aromatic rings. The number of fused-ring (bicyclic) bond motifs is 1. The number of phenols is 1. The minimum absolute atomic E-state index is 0.0652. The van der Waals surface area contributed by atoms with Crippen LogP contribution in [-0.4, -0.2) is 31.1 Å². The standard InChI is InChI=1S/C25H20ClN3O6S/c1-14-20(26)10-11-21(36(32,33)34)22(14)28-29-23-18-9-4-3-6-15(18)12-19(24(23)30)25(31)27-16-7-5-8-17(13-16)35-2/h3-13,30H,1-2H3,(H,27,31)(H,32,33,34). The summed E-state index contributed by atoms with van der Waals surface area (Å²) in [5.41, 5.74) is 0.362. The van der Waals surface area contributed by atoms with Gasteiger partial charge in [0.1, 0.15) is 22.0 Å². The summed E-state index contributed by atoms with van der Waals surface area (Å²) in [4.78, 5) is 12.6. The van der Waals surface area contributed by atoms with Gasteiger partial charge in [0.15, 0.2) is 5.75 Å². The van der Waals surface area contributed by atoms with Gasteiger partial charge in [0, 0.05) is 22.2 Å². The van der Waals surface area contributed by atoms with Crippen LogP contribution in [0.2, 0.25) is 5.02 Å². The third-order valence-electron chi connectivity index (χ3n) is 5.42. The molecule has 0 bridgehead atoms. The van der Waals surface area contributed by atoms with Crippen molar-refractivity contribution >= 4 is 55.5 Å². The van der Waals surface area contributed by atoms with E-state index in [9.17, 15) is 22.9 Å². The van der Waals surface area contributed by atoms with Crippen molar-refractivity contribution in [2.75, 3.05) is 12.4 Å². The van der Waals surface area contributed by atoms with Crippen LogP contribution in [0.25, 0.3) is 10.8 Å². The van der Waals surface area contributed by atoms with Gasteiger partial charge in [-0.3, -0.25) is 9.35 Å². The monoisotopic (exact) mass is 525 g/mol. The summed E-state index contributed by atoms with van der Waals surface area (Å²) in [6, 6.07) is 17.5. The number of methoxy groups -OCH3 is 1. The molecule has 184 valence electrons. The van der Waals surface area contributed by atoms with E-state index < -0.39 is 26.7 Å². The Hall–Kier alpha value is -3.99. The molecule has 4 aromatic carbocycles. The first-order chi connectivity index (χ1) is 17.1. The first-order valence-corrected chi connectivity index (χ1v) is 12.3. The number of aromatic hydroxyl groups is 1. The van der Waals surface area contributed by atoms with E-state index in [0.29, 0.717) is 22.2 Å². The van der Waals surface area contributed by atoms with Crippen LogP contribution in [0.3, 0.4) is 0 Å². The Labute approximate surface area is 211 Å². The quantitative estimate of drug-likeness (QED) is 0.196. The zero-order valence-electron chi connectivity index (χ0n) is 19.1. The van der Waals surface area contributed by atoms with Crippen molar-refractivity contribution in [3.63, 3.8) is 0 Å². The molecule has 3 N–H and O–H groups in total. The fourth-order valence-electron chi connectivity index (χ4n) is 3.57. The summed E-state index contributed by atoms with van der Waals surface area (Å²) in [7, 11) is -3.14. The molecule has 11 heteroatoms. The first-order valence-electron chi connectivity index (χ1n) is 10.5. The smallest absolute Gasteiger partial charge is 0.296 e. The van der Waals surface area contributed by atoms with Crippen molar-refractivity contribution in [3.05, 3.63) is 82.9 Å². The number of ether oxygens (including phenoxy) is 1. The fourth-order valence-corrected chi connectivity index (χ4v) is 4.40. The Kier molecular flexibility index (Phi) is 6.93. The molecule has 0 aromatic heterocycles. The van der Waals surface area contributed by atoms with Gasteiger partial charge in [-0.1, -0.05) is 41.9 Å². The minimum Gasteiger partial charge on any atom is -0.505 e. The highest BCUT2D eigenvalue weighted by Crippen LogP contribution is 2.41. The Bertz CT molecular complexity index is 1640. The van der Waals surface area contributed by atoms with Crippen molar-refractivity contribution in [1.29, 1.82) is 0 Å². The molecule has 0 heterocycles. The third kappa shape index (κ3) is 5.01. The lowest BCUT2D eigenvalue weighted by atomic mass is 10.0. The van der Waals surface area contributed by atoms with Crippen LogP contribution in [0, 0.1) is 6.92 Å². The van der Waals surface area contributed by atoms with E-state index in [1.807, 2.05) is 0 Å². The number of anilines is 1. The molecule has 0 saturated carbocycles. The number of rotatable bonds is 6. The van der Waals surface area contributed by atoms with Gasteiger partial charge >= 0.3 is 0 Å². The number of phenolic OH excluding ortho intramolecular Hbond substituents is 1. The second kappa shape index (κ2) is 9.94. The Balaban J connectivity index is 1.84. The summed E-state index contributed by atoms with van der Waals surface area (Å²) >= 11 is 6.12. The highest BCUT2D eigenvalue weighted by atomic mass is 35.5. The lowest BCUT2D eigenvalue weighted by molar-refractivity contribution is 0.102. The van der Waals surface area contributed by atoms with E-state index in [1.54, 1.807) is 48.5 Å². The van der Waals surface area contributed by atoms with Crippen LogP contribution in [0.5, 0.6) is 11.5 Å². The average molecular weight is 526 g/mol. The molecule has 0 aliphatic rings. The molecule has 9 nitrogen and oxygen atoms in total. The number of nitrogens with one attached hydrogen (secondary N) is 1. The van der Waals surface area contributed by atoms with Gasteiger partial charge in [0.2, 0.25) is 0 Å². The summed E-state index contributed by atoms with van der Waals surface area (Å²) in [6.07, 6.45) is 0. The van der Waals surface area contributed by atoms with Gasteiger partial charge in [0.05, 0.1) is 12.7 Å². The normalized spacial score (nSPS) is 11.7. The van der Waals surface area contributed by atoms with Gasteiger partial charge in [-0.25, -0.2) is 0 Å². The molecule has 0 unspecified atom stereocenters. The number of hydrogen-bond donors (Lipinski definition) is 3. The maximum atomic E-state index is 13.1. The predicted molar refractivity (Wildman–Crippen MR) is 137 cm³/mol. The van der Waals surface area contributed by atoms with Crippen molar-refractivity contribution < 1.29 is 27.6 Å². The van der Waals surface area contributed by atoms with Gasteiger partial charge in [-0.15, -0.1) is 10.2 Å². The van der Waals surface area contributed by atoms with E-state index in [0.717, 1.165) is 6.07 Å². The molecule has 0 atom stereocenters. The number of nitrogens with zero attached hydrogens (tertiary/aromatic N) is 2. The van der Waals surface area contributed by atoms with Gasteiger partial charge in [0.25, 0.3) is 16.0 Å². The summed E-state index contributed by atoms with van der Waals surface area (Å²) in [5.74, 6) is -0.539. The van der Waals surface area contributed by atoms with Crippen LogP contribution in [-0.2, 0) is 10.1 Å². The molecule has 1 amide bonds. The highest BCUT2D eigenvalue weighted by molar-refractivity contribution is 7.86. The Morgan fingerprint density at radius 1 is 1.00 bits per heavy atom. The van der Waals surface area contributed by atoms with Crippen molar-refractivity contribution in [3.8, 4) is 11.5 Å². The highest BCUT2D eigenvalue weighted by Gasteiger charge is 2.21. The molecule has 36 heavy (non-hydrogen) atoms. The predicted octanol–water partition coefficient (Wildman–Crippen LogP) is 6.43. The van der Waals surface area contributed by atoms with Crippen molar-refractivity contribution in [2.45, 2.75) is 11.8 Å². The summed E-state index contributed by atoms with van der Waals surface area (Å²) in [5, 5.41) is 23.1. The third-order valence-corrected chi connectivity index (χ3v) is 6.72. The molecule has 0 aliphatic carbocycles. The number of carbonyl (C=O) groups excluding carboxylic acids is 1. The van der Waals surface area contributed by atoms with E-state index in [2.05, 4.69) is 15.5 Å². The van der Waals surface area contributed by atoms with Crippen LogP contribution in [0.15, 0.2) is 81.9 Å². The number of amides is 1. The number of carbonyl (C=O) groups is 1. The average Bonchev–Trinajstić information content (AvgIpc) is 2.84. The number of benzene rings is 4. The lowest BCUT2D eigenvalue weighted by Gasteiger charge is -2.12. The fraction of sp³-hybridized carbons (Fsp3) is 0.0800. The number of hydrogen-bond acceptors (Lipinski definition) is 7. The van der Waals surface area contributed by atoms with Crippen LogP contribution in [0.4, 0.5) is 17.1 Å². The van der Waals surface area contributed by atoms with E-state index in [1.165, 1.54) is 26.2 Å². The second-order valence-corrected chi connectivity index (χ2v) is 9.52. The SMILES string of the molecule is COc1cccc(NC(=O)c2cc3ccccc3c(N=Nc3c(S(=O)(=O)O)ccc(Cl)c3C)c2O)c1. The molecule has 4 rings (SSSR count). The molecular formula is C25H20ClN3O6S.